The molecule has 0 aliphatic rings. The van der Waals surface area contributed by atoms with Crippen LogP contribution >= 0.6 is 15.9 Å². The number of benzene rings is 1. The lowest BCUT2D eigenvalue weighted by molar-refractivity contribution is 0.102. The summed E-state index contributed by atoms with van der Waals surface area (Å²) in [6.07, 6.45) is 1.60. The van der Waals surface area contributed by atoms with E-state index in [4.69, 9.17) is 5.26 Å². The fourth-order valence-corrected chi connectivity index (χ4v) is 1.72. The number of H-pyrrole nitrogens is 1. The predicted molar refractivity (Wildman–Crippen MR) is 67.6 cm³/mol. The second kappa shape index (κ2) is 5.02. The average Bonchev–Trinajstić information content (AvgIpc) is 2.78. The van der Waals surface area contributed by atoms with Gasteiger partial charge in [-0.15, -0.1) is 0 Å². The number of aromatic nitrogens is 1. The van der Waals surface area contributed by atoms with Crippen LogP contribution in [-0.4, -0.2) is 10.9 Å². The number of hydrogen-bond donors (Lipinski definition) is 2. The number of halogens is 2. The minimum Gasteiger partial charge on any atom is -0.356 e. The van der Waals surface area contributed by atoms with Gasteiger partial charge < -0.3 is 10.3 Å². The highest BCUT2D eigenvalue weighted by molar-refractivity contribution is 9.10. The summed E-state index contributed by atoms with van der Waals surface area (Å²) >= 11 is 3.20. The van der Waals surface area contributed by atoms with Gasteiger partial charge in [0.1, 0.15) is 11.5 Å². The third-order valence-electron chi connectivity index (χ3n) is 2.24. The zero-order valence-corrected chi connectivity index (χ0v) is 10.6. The van der Waals surface area contributed by atoms with Crippen LogP contribution in [0.25, 0.3) is 0 Å². The maximum absolute atomic E-state index is 13.5. The van der Waals surface area contributed by atoms with Crippen LogP contribution in [0.15, 0.2) is 34.9 Å². The number of carbonyl (C=O) groups excluding carboxylic acids is 1. The first-order chi connectivity index (χ1) is 8.60. The van der Waals surface area contributed by atoms with Gasteiger partial charge in [-0.05, 0) is 40.2 Å². The van der Waals surface area contributed by atoms with Gasteiger partial charge >= 0.3 is 0 Å². The molecule has 0 atom stereocenters. The number of anilines is 1. The molecule has 0 radical (unpaired) electrons. The van der Waals surface area contributed by atoms with Gasteiger partial charge in [0, 0.05) is 10.7 Å². The standard InChI is InChI=1S/C12H7BrFN3O/c13-8-4-11(16-6-8)12(18)17-10-2-1-7(5-15)3-9(10)14/h1-4,6,16H,(H,17,18). The van der Waals surface area contributed by atoms with Crippen LogP contribution in [0.3, 0.4) is 0 Å². The molecule has 0 saturated heterocycles. The van der Waals surface area contributed by atoms with E-state index in [9.17, 15) is 9.18 Å². The number of amides is 1. The van der Waals surface area contributed by atoms with E-state index in [1.165, 1.54) is 12.1 Å². The molecule has 90 valence electrons. The minimum atomic E-state index is -0.645. The Kier molecular flexibility index (Phi) is 3.44. The average molecular weight is 308 g/mol. The Labute approximate surface area is 111 Å². The lowest BCUT2D eigenvalue weighted by Crippen LogP contribution is -2.13. The Morgan fingerprint density at radius 2 is 2.22 bits per heavy atom. The number of aromatic amines is 1. The molecule has 1 heterocycles. The normalized spacial score (nSPS) is 9.83. The van der Waals surface area contributed by atoms with Gasteiger partial charge in [-0.25, -0.2) is 4.39 Å². The first-order valence-electron chi connectivity index (χ1n) is 4.95. The Balaban J connectivity index is 2.20. The third kappa shape index (κ3) is 2.57. The lowest BCUT2D eigenvalue weighted by Gasteiger charge is -2.05. The molecule has 6 heteroatoms. The highest BCUT2D eigenvalue weighted by atomic mass is 79.9. The van der Waals surface area contributed by atoms with Crippen LogP contribution < -0.4 is 5.32 Å². The molecule has 0 aliphatic carbocycles. The SMILES string of the molecule is N#Cc1ccc(NC(=O)c2cc(Br)c[nH]2)c(F)c1. The van der Waals surface area contributed by atoms with Crippen molar-refractivity contribution in [2.75, 3.05) is 5.32 Å². The highest BCUT2D eigenvalue weighted by Crippen LogP contribution is 2.17. The molecule has 2 aromatic rings. The van der Waals surface area contributed by atoms with Crippen LogP contribution in [0, 0.1) is 17.1 Å². The zero-order valence-electron chi connectivity index (χ0n) is 9.00. The van der Waals surface area contributed by atoms with Crippen molar-refractivity contribution in [3.05, 3.63) is 52.0 Å². The number of nitrogens with one attached hydrogen (secondary N) is 2. The molecule has 0 spiro atoms. The molecule has 2 rings (SSSR count). The fourth-order valence-electron chi connectivity index (χ4n) is 1.37. The first-order valence-corrected chi connectivity index (χ1v) is 5.74. The number of rotatable bonds is 2. The van der Waals surface area contributed by atoms with E-state index in [2.05, 4.69) is 26.2 Å². The summed E-state index contributed by atoms with van der Waals surface area (Å²) in [7, 11) is 0. The molecule has 1 aromatic heterocycles. The van der Waals surface area contributed by atoms with Crippen LogP contribution in [0.4, 0.5) is 10.1 Å². The van der Waals surface area contributed by atoms with Gasteiger partial charge in [0.25, 0.3) is 5.91 Å². The summed E-state index contributed by atoms with van der Waals surface area (Å²) in [6, 6.07) is 7.25. The summed E-state index contributed by atoms with van der Waals surface area (Å²) < 4.78 is 14.3. The van der Waals surface area contributed by atoms with Crippen LogP contribution in [0.2, 0.25) is 0 Å². The fraction of sp³-hybridized carbons (Fsp3) is 0. The zero-order chi connectivity index (χ0) is 13.1. The highest BCUT2D eigenvalue weighted by Gasteiger charge is 2.11. The molecular weight excluding hydrogens is 301 g/mol. The lowest BCUT2D eigenvalue weighted by atomic mass is 10.2. The summed E-state index contributed by atoms with van der Waals surface area (Å²) in [4.78, 5) is 14.5. The molecule has 0 unspecified atom stereocenters. The summed E-state index contributed by atoms with van der Waals surface area (Å²) in [5.41, 5.74) is 0.545. The van der Waals surface area contributed by atoms with E-state index >= 15 is 0 Å². The molecule has 0 aliphatic heterocycles. The Morgan fingerprint density at radius 3 is 2.78 bits per heavy atom. The van der Waals surface area contributed by atoms with Crippen molar-refractivity contribution < 1.29 is 9.18 Å². The van der Waals surface area contributed by atoms with Gasteiger partial charge in [0.05, 0.1) is 17.3 Å². The van der Waals surface area contributed by atoms with E-state index in [0.29, 0.717) is 5.69 Å². The summed E-state index contributed by atoms with van der Waals surface area (Å²) in [6.45, 7) is 0. The quantitative estimate of drug-likeness (QED) is 0.895. The van der Waals surface area contributed by atoms with E-state index in [1.807, 2.05) is 6.07 Å². The van der Waals surface area contributed by atoms with E-state index < -0.39 is 11.7 Å². The van der Waals surface area contributed by atoms with Crippen LogP contribution in [0.1, 0.15) is 16.1 Å². The van der Waals surface area contributed by atoms with Crippen LogP contribution in [-0.2, 0) is 0 Å². The molecule has 18 heavy (non-hydrogen) atoms. The van der Waals surface area contributed by atoms with Crippen molar-refractivity contribution in [2.24, 2.45) is 0 Å². The number of hydrogen-bond acceptors (Lipinski definition) is 2. The molecule has 1 amide bonds. The van der Waals surface area contributed by atoms with Gasteiger partial charge in [0.2, 0.25) is 0 Å². The van der Waals surface area contributed by atoms with E-state index in [1.54, 1.807) is 12.3 Å². The number of carbonyl (C=O) groups is 1. The molecule has 4 nitrogen and oxygen atoms in total. The first kappa shape index (κ1) is 12.3. The number of nitrogens with zero attached hydrogens (tertiary/aromatic N) is 1. The maximum Gasteiger partial charge on any atom is 0.272 e. The summed E-state index contributed by atoms with van der Waals surface area (Å²) in [5, 5.41) is 11.0. The van der Waals surface area contributed by atoms with Crippen molar-refractivity contribution in [3.8, 4) is 6.07 Å². The summed E-state index contributed by atoms with van der Waals surface area (Å²) in [5.74, 6) is -1.10. The van der Waals surface area contributed by atoms with Crippen LogP contribution in [0.5, 0.6) is 0 Å². The second-order valence-corrected chi connectivity index (χ2v) is 4.41. The third-order valence-corrected chi connectivity index (χ3v) is 2.70. The van der Waals surface area contributed by atoms with Gasteiger partial charge in [-0.2, -0.15) is 5.26 Å². The molecule has 2 N–H and O–H groups in total. The molecule has 0 bridgehead atoms. The largest absolute Gasteiger partial charge is 0.356 e. The Morgan fingerprint density at radius 1 is 1.44 bits per heavy atom. The minimum absolute atomic E-state index is 0.0322. The molecule has 0 fully saturated rings. The maximum atomic E-state index is 13.5. The second-order valence-electron chi connectivity index (χ2n) is 3.49. The van der Waals surface area contributed by atoms with Crippen molar-refractivity contribution in [3.63, 3.8) is 0 Å². The van der Waals surface area contributed by atoms with Crippen molar-refractivity contribution in [1.29, 1.82) is 5.26 Å². The monoisotopic (exact) mass is 307 g/mol. The van der Waals surface area contributed by atoms with Gasteiger partial charge in [-0.1, -0.05) is 0 Å². The topological polar surface area (TPSA) is 68.7 Å². The van der Waals surface area contributed by atoms with E-state index in [0.717, 1.165) is 10.5 Å². The predicted octanol–water partition coefficient (Wildman–Crippen LogP) is 3.04. The van der Waals surface area contributed by atoms with E-state index in [-0.39, 0.29) is 11.3 Å². The van der Waals surface area contributed by atoms with Crippen molar-refractivity contribution >= 4 is 27.5 Å². The smallest absolute Gasteiger partial charge is 0.272 e. The van der Waals surface area contributed by atoms with Gasteiger partial charge in [0.15, 0.2) is 0 Å². The molecule has 0 saturated carbocycles. The van der Waals surface area contributed by atoms with Crippen molar-refractivity contribution in [2.45, 2.75) is 0 Å². The number of nitriles is 1. The van der Waals surface area contributed by atoms with Crippen molar-refractivity contribution in [1.82, 2.24) is 4.98 Å². The van der Waals surface area contributed by atoms with Gasteiger partial charge in [-0.3, -0.25) is 4.79 Å². The molecular formula is C12H7BrFN3O. The molecule has 1 aromatic carbocycles. The Bertz CT molecular complexity index is 645. The Hall–Kier alpha value is -2.13.